The number of rotatable bonds is 5. The molecule has 8 heteroatoms. The Kier molecular flexibility index (Phi) is 4.95. The molecule has 2 aliphatic rings. The van der Waals surface area contributed by atoms with Gasteiger partial charge in [0, 0.05) is 11.4 Å². The molecule has 138 valence electrons. The van der Waals surface area contributed by atoms with Gasteiger partial charge in [0.15, 0.2) is 0 Å². The Morgan fingerprint density at radius 2 is 2.00 bits per heavy atom. The number of nitrogen functional groups attached to an aromatic ring is 1. The van der Waals surface area contributed by atoms with E-state index in [0.717, 1.165) is 11.1 Å². The van der Waals surface area contributed by atoms with Crippen LogP contribution in [0.5, 0.6) is 0 Å². The summed E-state index contributed by atoms with van der Waals surface area (Å²) >= 11 is 1.49. The zero-order chi connectivity index (χ0) is 19.0. The van der Waals surface area contributed by atoms with Gasteiger partial charge in [0.25, 0.3) is 5.91 Å². The summed E-state index contributed by atoms with van der Waals surface area (Å²) in [6.45, 7) is 3.82. The molecule has 0 unspecified atom stereocenters. The molecule has 4 N–H and O–H groups in total. The maximum atomic E-state index is 12.5. The second kappa shape index (κ2) is 7.03. The van der Waals surface area contributed by atoms with Gasteiger partial charge >= 0.3 is 5.97 Å². The van der Waals surface area contributed by atoms with Crippen molar-refractivity contribution in [3.8, 4) is 0 Å². The molecule has 2 aliphatic heterocycles. The predicted octanol–water partition coefficient (Wildman–Crippen LogP) is 1.21. The molecule has 1 aromatic carbocycles. The first-order valence-corrected chi connectivity index (χ1v) is 9.39. The average molecular weight is 375 g/mol. The number of benzene rings is 1. The van der Waals surface area contributed by atoms with E-state index in [4.69, 9.17) is 5.73 Å². The number of nitrogens with one attached hydrogen (secondary N) is 1. The van der Waals surface area contributed by atoms with Crippen molar-refractivity contribution in [3.05, 3.63) is 41.1 Å². The summed E-state index contributed by atoms with van der Waals surface area (Å²) in [6.07, 6.45) is 0.139. The first-order valence-electron chi connectivity index (χ1n) is 8.34. The van der Waals surface area contributed by atoms with E-state index >= 15 is 0 Å². The van der Waals surface area contributed by atoms with Crippen LogP contribution in [-0.2, 0) is 20.8 Å². The third-order valence-electron chi connectivity index (χ3n) is 4.56. The SMILES string of the molecule is CC(C)C1=C(C(=O)O)N2C(=O)[C@H](NC(=O)Cc3ccc(N)cc3)[C@H]2SC1. The van der Waals surface area contributed by atoms with Crippen molar-refractivity contribution in [1.29, 1.82) is 0 Å². The monoisotopic (exact) mass is 375 g/mol. The highest BCUT2D eigenvalue weighted by atomic mass is 32.2. The summed E-state index contributed by atoms with van der Waals surface area (Å²) in [5.41, 5.74) is 7.85. The van der Waals surface area contributed by atoms with Crippen molar-refractivity contribution in [1.82, 2.24) is 10.2 Å². The summed E-state index contributed by atoms with van der Waals surface area (Å²) in [5, 5.41) is 11.9. The van der Waals surface area contributed by atoms with Crippen LogP contribution in [0.1, 0.15) is 19.4 Å². The number of hydrogen-bond donors (Lipinski definition) is 3. The van der Waals surface area contributed by atoms with E-state index in [0.29, 0.717) is 11.4 Å². The van der Waals surface area contributed by atoms with Gasteiger partial charge in [0.05, 0.1) is 6.42 Å². The van der Waals surface area contributed by atoms with Crippen LogP contribution >= 0.6 is 11.8 Å². The maximum Gasteiger partial charge on any atom is 0.352 e. The number of carboxylic acids is 1. The van der Waals surface area contributed by atoms with Gasteiger partial charge < -0.3 is 16.2 Å². The number of aliphatic carboxylic acids is 1. The molecule has 2 heterocycles. The highest BCUT2D eigenvalue weighted by Crippen LogP contribution is 2.42. The van der Waals surface area contributed by atoms with Crippen LogP contribution in [0.15, 0.2) is 35.5 Å². The fraction of sp³-hybridized carbons (Fsp3) is 0.389. The Labute approximate surface area is 155 Å². The molecule has 1 fully saturated rings. The lowest BCUT2D eigenvalue weighted by Gasteiger charge is -2.50. The third-order valence-corrected chi connectivity index (χ3v) is 5.86. The second-order valence-corrected chi connectivity index (χ2v) is 7.81. The van der Waals surface area contributed by atoms with Crippen molar-refractivity contribution in [2.45, 2.75) is 31.7 Å². The molecular weight excluding hydrogens is 354 g/mol. The number of carbonyl (C=O) groups excluding carboxylic acids is 2. The number of nitrogens with zero attached hydrogens (tertiary/aromatic N) is 1. The first-order chi connectivity index (χ1) is 12.3. The molecule has 1 aromatic rings. The van der Waals surface area contributed by atoms with Crippen molar-refractivity contribution >= 4 is 35.2 Å². The second-order valence-electron chi connectivity index (χ2n) is 6.71. The molecule has 2 amide bonds. The van der Waals surface area contributed by atoms with Gasteiger partial charge in [0.1, 0.15) is 17.1 Å². The standard InChI is InChI=1S/C18H21N3O4S/c1-9(2)12-8-26-17-14(16(23)21(17)15(12)18(24)25)20-13(22)7-10-3-5-11(19)6-4-10/h3-6,9,14,17H,7-8,19H2,1-2H3,(H,20,22)(H,24,25)/t14-,17+/m0/s1. The van der Waals surface area contributed by atoms with Crippen LogP contribution in [0.2, 0.25) is 0 Å². The number of anilines is 1. The minimum Gasteiger partial charge on any atom is -0.477 e. The van der Waals surface area contributed by atoms with Gasteiger partial charge in [-0.3, -0.25) is 14.5 Å². The molecule has 0 spiro atoms. The molecule has 3 rings (SSSR count). The molecule has 7 nitrogen and oxygen atoms in total. The van der Waals surface area contributed by atoms with E-state index in [1.165, 1.54) is 16.7 Å². The molecular formula is C18H21N3O4S. The van der Waals surface area contributed by atoms with E-state index in [2.05, 4.69) is 5.32 Å². The van der Waals surface area contributed by atoms with Crippen LogP contribution in [0, 0.1) is 5.92 Å². The number of β-lactam (4-membered cyclic amide) rings is 1. The van der Waals surface area contributed by atoms with Crippen molar-refractivity contribution in [2.24, 2.45) is 5.92 Å². The predicted molar refractivity (Wildman–Crippen MR) is 99.1 cm³/mol. The van der Waals surface area contributed by atoms with Gasteiger partial charge in [-0.05, 0) is 29.2 Å². The Morgan fingerprint density at radius 1 is 1.35 bits per heavy atom. The van der Waals surface area contributed by atoms with Gasteiger partial charge in [-0.2, -0.15) is 0 Å². The molecule has 2 atom stereocenters. The number of hydrogen-bond acceptors (Lipinski definition) is 5. The average Bonchev–Trinajstić information content (AvgIpc) is 2.60. The number of carbonyl (C=O) groups is 3. The lowest BCUT2D eigenvalue weighted by atomic mass is 9.97. The fourth-order valence-corrected chi connectivity index (χ4v) is 4.69. The lowest BCUT2D eigenvalue weighted by Crippen LogP contribution is -2.70. The lowest BCUT2D eigenvalue weighted by molar-refractivity contribution is -0.150. The molecule has 0 saturated carbocycles. The number of carboxylic acid groups (broad SMARTS) is 1. The van der Waals surface area contributed by atoms with E-state index in [-0.39, 0.29) is 35.2 Å². The fourth-order valence-electron chi connectivity index (χ4n) is 3.13. The maximum absolute atomic E-state index is 12.5. The summed E-state index contributed by atoms with van der Waals surface area (Å²) in [5.74, 6) is -1.16. The van der Waals surface area contributed by atoms with Gasteiger partial charge in [-0.15, -0.1) is 11.8 Å². The largest absolute Gasteiger partial charge is 0.477 e. The zero-order valence-electron chi connectivity index (χ0n) is 14.6. The van der Waals surface area contributed by atoms with Crippen LogP contribution in [0.25, 0.3) is 0 Å². The van der Waals surface area contributed by atoms with Crippen LogP contribution in [0.4, 0.5) is 5.69 Å². The highest BCUT2D eigenvalue weighted by Gasteiger charge is 2.54. The Balaban J connectivity index is 1.69. The van der Waals surface area contributed by atoms with Crippen LogP contribution < -0.4 is 11.1 Å². The quantitative estimate of drug-likeness (QED) is 0.527. The van der Waals surface area contributed by atoms with Crippen LogP contribution in [-0.4, -0.2) is 45.0 Å². The van der Waals surface area contributed by atoms with Gasteiger partial charge in [-0.1, -0.05) is 26.0 Å². The molecule has 0 aliphatic carbocycles. The minimum absolute atomic E-state index is 0.0431. The van der Waals surface area contributed by atoms with Gasteiger partial charge in [0.2, 0.25) is 5.91 Å². The Morgan fingerprint density at radius 3 is 2.58 bits per heavy atom. The van der Waals surface area contributed by atoms with E-state index < -0.39 is 12.0 Å². The summed E-state index contributed by atoms with van der Waals surface area (Å²) < 4.78 is 0. The van der Waals surface area contributed by atoms with E-state index in [1.807, 2.05) is 13.8 Å². The molecule has 0 aromatic heterocycles. The normalized spacial score (nSPS) is 22.1. The number of nitrogens with two attached hydrogens (primary N) is 1. The van der Waals surface area contributed by atoms with Crippen molar-refractivity contribution in [2.75, 3.05) is 11.5 Å². The van der Waals surface area contributed by atoms with E-state index in [9.17, 15) is 19.5 Å². The molecule has 0 bridgehead atoms. The number of fused-ring (bicyclic) bond motifs is 1. The summed E-state index contributed by atoms with van der Waals surface area (Å²) in [4.78, 5) is 37.7. The number of thioether (sulfide) groups is 1. The smallest absolute Gasteiger partial charge is 0.352 e. The summed E-state index contributed by atoms with van der Waals surface area (Å²) in [6, 6.07) is 6.27. The Bertz CT molecular complexity index is 788. The third kappa shape index (κ3) is 3.29. The van der Waals surface area contributed by atoms with Crippen LogP contribution in [0.3, 0.4) is 0 Å². The molecule has 26 heavy (non-hydrogen) atoms. The number of amides is 2. The first kappa shape index (κ1) is 18.3. The van der Waals surface area contributed by atoms with Crippen molar-refractivity contribution in [3.63, 3.8) is 0 Å². The van der Waals surface area contributed by atoms with Crippen molar-refractivity contribution < 1.29 is 19.5 Å². The van der Waals surface area contributed by atoms with E-state index in [1.54, 1.807) is 24.3 Å². The zero-order valence-corrected chi connectivity index (χ0v) is 15.4. The Hall–Kier alpha value is -2.48. The van der Waals surface area contributed by atoms with Gasteiger partial charge in [-0.25, -0.2) is 4.79 Å². The summed E-state index contributed by atoms with van der Waals surface area (Å²) in [7, 11) is 0. The minimum atomic E-state index is -1.10. The highest BCUT2D eigenvalue weighted by molar-refractivity contribution is 8.00. The molecule has 0 radical (unpaired) electrons. The molecule has 1 saturated heterocycles. The topological polar surface area (TPSA) is 113 Å².